The second kappa shape index (κ2) is 9.39. The van der Waals surface area contributed by atoms with E-state index in [0.29, 0.717) is 33.2 Å². The molecular formula is C21H21N3O6S2. The van der Waals surface area contributed by atoms with E-state index in [9.17, 15) is 13.2 Å². The van der Waals surface area contributed by atoms with Gasteiger partial charge in [0.1, 0.15) is 11.3 Å². The van der Waals surface area contributed by atoms with E-state index < -0.39 is 15.9 Å². The minimum atomic E-state index is -4.47. The first kappa shape index (κ1) is 23.3. The molecule has 0 spiro atoms. The van der Waals surface area contributed by atoms with Gasteiger partial charge in [0.05, 0.1) is 0 Å². The maximum Gasteiger partial charge on any atom is 0.357 e. The highest BCUT2D eigenvalue weighted by molar-refractivity contribution is 7.83. The summed E-state index contributed by atoms with van der Waals surface area (Å²) < 4.78 is 44.0. The van der Waals surface area contributed by atoms with Gasteiger partial charge in [-0.25, -0.2) is 9.78 Å². The van der Waals surface area contributed by atoms with Gasteiger partial charge in [-0.1, -0.05) is 17.9 Å². The van der Waals surface area contributed by atoms with Crippen LogP contribution in [0.25, 0.3) is 11.0 Å². The third-order valence-corrected chi connectivity index (χ3v) is 5.67. The summed E-state index contributed by atoms with van der Waals surface area (Å²) >= 11 is 1.35. The quantitative estimate of drug-likeness (QED) is 0.255. The van der Waals surface area contributed by atoms with Gasteiger partial charge in [-0.15, -0.1) is 0 Å². The van der Waals surface area contributed by atoms with Gasteiger partial charge in [-0.3, -0.25) is 9.27 Å². The monoisotopic (exact) mass is 475 g/mol. The Kier molecular flexibility index (Phi) is 6.82. The molecule has 0 unspecified atom stereocenters. The molecule has 0 fully saturated rings. The second-order valence-electron chi connectivity index (χ2n) is 6.86. The molecule has 0 aliphatic heterocycles. The SMILES string of the molecule is C=C(/C=C(\C=C/N)Cc1c(C)c2cc(C)c(Oc3nccs3)cc2oc1=O)NS(=O)(=O)O. The largest absolute Gasteiger partial charge is 0.430 e. The zero-order chi connectivity index (χ0) is 23.5. The number of aromatic nitrogens is 1. The highest BCUT2D eigenvalue weighted by Crippen LogP contribution is 2.32. The van der Waals surface area contributed by atoms with Crippen LogP contribution in [0.4, 0.5) is 0 Å². The van der Waals surface area contributed by atoms with Gasteiger partial charge in [0.15, 0.2) is 0 Å². The first-order valence-corrected chi connectivity index (χ1v) is 11.6. The number of allylic oxidation sites excluding steroid dienone is 3. The third kappa shape index (κ3) is 5.63. The lowest BCUT2D eigenvalue weighted by atomic mass is 9.98. The van der Waals surface area contributed by atoms with Crippen LogP contribution in [0.2, 0.25) is 0 Å². The Bertz CT molecular complexity index is 1390. The number of rotatable bonds is 8. The average molecular weight is 476 g/mol. The van der Waals surface area contributed by atoms with Gasteiger partial charge >= 0.3 is 15.9 Å². The Balaban J connectivity index is 2.01. The smallest absolute Gasteiger partial charge is 0.357 e. The molecule has 4 N–H and O–H groups in total. The number of benzene rings is 1. The van der Waals surface area contributed by atoms with Crippen LogP contribution in [0, 0.1) is 13.8 Å². The topological polar surface area (TPSA) is 145 Å². The zero-order valence-electron chi connectivity index (χ0n) is 17.3. The number of nitrogens with zero attached hydrogens (tertiary/aromatic N) is 1. The Labute approximate surface area is 188 Å². The van der Waals surface area contributed by atoms with Crippen molar-refractivity contribution in [1.82, 2.24) is 9.71 Å². The van der Waals surface area contributed by atoms with E-state index in [1.807, 2.05) is 17.7 Å². The molecule has 0 saturated carbocycles. The molecule has 9 nitrogen and oxygen atoms in total. The van der Waals surface area contributed by atoms with Gasteiger partial charge in [0.2, 0.25) is 0 Å². The first-order valence-electron chi connectivity index (χ1n) is 9.24. The number of nitrogens with two attached hydrogens (primary N) is 1. The summed E-state index contributed by atoms with van der Waals surface area (Å²) in [5.41, 5.74) is 7.58. The molecule has 0 aliphatic carbocycles. The molecule has 0 saturated heterocycles. The van der Waals surface area contributed by atoms with Gasteiger partial charge in [0.25, 0.3) is 5.19 Å². The lowest BCUT2D eigenvalue weighted by Gasteiger charge is -2.12. The lowest BCUT2D eigenvalue weighted by molar-refractivity contribution is 0.472. The van der Waals surface area contributed by atoms with Crippen molar-refractivity contribution in [1.29, 1.82) is 0 Å². The van der Waals surface area contributed by atoms with Crippen molar-refractivity contribution in [3.63, 3.8) is 0 Å². The van der Waals surface area contributed by atoms with Crippen molar-refractivity contribution in [2.45, 2.75) is 20.3 Å². The lowest BCUT2D eigenvalue weighted by Crippen LogP contribution is -2.20. The number of aryl methyl sites for hydroxylation is 2. The molecule has 168 valence electrons. The molecule has 3 aromatic rings. The summed E-state index contributed by atoms with van der Waals surface area (Å²) in [5, 5.41) is 3.00. The van der Waals surface area contributed by atoms with Crippen LogP contribution in [-0.2, 0) is 16.7 Å². The van der Waals surface area contributed by atoms with Crippen LogP contribution < -0.4 is 20.8 Å². The summed E-state index contributed by atoms with van der Waals surface area (Å²) in [6, 6.07) is 3.51. The molecule has 0 amide bonds. The molecule has 2 heterocycles. The van der Waals surface area contributed by atoms with E-state index in [2.05, 4.69) is 11.6 Å². The molecule has 2 aromatic heterocycles. The van der Waals surface area contributed by atoms with E-state index >= 15 is 0 Å². The van der Waals surface area contributed by atoms with E-state index in [0.717, 1.165) is 10.9 Å². The highest BCUT2D eigenvalue weighted by atomic mass is 32.2. The predicted octanol–water partition coefficient (Wildman–Crippen LogP) is 3.51. The minimum Gasteiger partial charge on any atom is -0.430 e. The summed E-state index contributed by atoms with van der Waals surface area (Å²) in [4.78, 5) is 16.8. The fraction of sp³-hybridized carbons (Fsp3) is 0.143. The average Bonchev–Trinajstić information content (AvgIpc) is 3.18. The highest BCUT2D eigenvalue weighted by Gasteiger charge is 2.16. The van der Waals surface area contributed by atoms with Gasteiger partial charge in [-0.2, -0.15) is 8.42 Å². The molecular weight excluding hydrogens is 454 g/mol. The fourth-order valence-corrected chi connectivity index (χ4v) is 3.99. The maximum atomic E-state index is 12.7. The van der Waals surface area contributed by atoms with Crippen LogP contribution in [0.5, 0.6) is 10.9 Å². The van der Waals surface area contributed by atoms with Crippen molar-refractivity contribution in [2.75, 3.05) is 0 Å². The van der Waals surface area contributed by atoms with Crippen LogP contribution in [0.1, 0.15) is 16.7 Å². The van der Waals surface area contributed by atoms with Crippen molar-refractivity contribution in [3.05, 3.63) is 87.0 Å². The summed E-state index contributed by atoms with van der Waals surface area (Å²) in [6.45, 7) is 7.20. The van der Waals surface area contributed by atoms with Crippen LogP contribution in [0.3, 0.4) is 0 Å². The fourth-order valence-electron chi connectivity index (χ4n) is 3.10. The van der Waals surface area contributed by atoms with Gasteiger partial charge in [0, 0.05) is 40.7 Å². The first-order chi connectivity index (χ1) is 15.1. The Morgan fingerprint density at radius 3 is 2.78 bits per heavy atom. The molecule has 3 rings (SSSR count). The van der Waals surface area contributed by atoms with Crippen molar-refractivity contribution < 1.29 is 22.1 Å². The second-order valence-corrected chi connectivity index (χ2v) is 8.88. The molecule has 0 atom stereocenters. The molecule has 11 heteroatoms. The number of fused-ring (bicyclic) bond motifs is 1. The predicted molar refractivity (Wildman–Crippen MR) is 123 cm³/mol. The van der Waals surface area contributed by atoms with E-state index in [4.69, 9.17) is 19.4 Å². The van der Waals surface area contributed by atoms with Crippen LogP contribution >= 0.6 is 11.3 Å². The number of ether oxygens (including phenoxy) is 1. The summed E-state index contributed by atoms with van der Waals surface area (Å²) in [6.07, 6.45) is 5.83. The standard InChI is InChI=1S/C21H21N3O6S2/c1-12-8-16-14(3)17(10-15(4-5-22)9-13(2)24-32(26,27)28)20(25)29-19(16)11-18(12)30-21-23-6-7-31-21/h4-9,11,24H,2,10,22H2,1,3H3,(H,26,27,28)/b5-4-,15-9+. The Morgan fingerprint density at radius 2 is 2.16 bits per heavy atom. The number of thiazole rings is 1. The van der Waals surface area contributed by atoms with Crippen LogP contribution in [-0.4, -0.2) is 18.0 Å². The molecule has 32 heavy (non-hydrogen) atoms. The normalized spacial score (nSPS) is 12.4. The van der Waals surface area contributed by atoms with E-state index in [1.54, 1.807) is 24.6 Å². The summed E-state index contributed by atoms with van der Waals surface area (Å²) in [5.74, 6) is 0.530. The van der Waals surface area contributed by atoms with Crippen molar-refractivity contribution in [2.24, 2.45) is 5.73 Å². The van der Waals surface area contributed by atoms with Crippen molar-refractivity contribution >= 4 is 32.6 Å². The summed E-state index contributed by atoms with van der Waals surface area (Å²) in [7, 11) is -4.47. The van der Waals surface area contributed by atoms with Gasteiger partial charge < -0.3 is 14.9 Å². The van der Waals surface area contributed by atoms with E-state index in [-0.39, 0.29) is 12.1 Å². The Morgan fingerprint density at radius 1 is 1.41 bits per heavy atom. The van der Waals surface area contributed by atoms with Crippen molar-refractivity contribution in [3.8, 4) is 10.9 Å². The molecule has 1 aromatic carbocycles. The Hall–Kier alpha value is -3.41. The maximum absolute atomic E-state index is 12.7. The zero-order valence-corrected chi connectivity index (χ0v) is 18.9. The number of nitrogens with one attached hydrogen (secondary N) is 1. The third-order valence-electron chi connectivity index (χ3n) is 4.50. The minimum absolute atomic E-state index is 0.0942. The van der Waals surface area contributed by atoms with E-state index in [1.165, 1.54) is 29.7 Å². The van der Waals surface area contributed by atoms with Gasteiger partial charge in [-0.05, 0) is 55.0 Å². The molecule has 0 aliphatic rings. The molecule has 0 bridgehead atoms. The number of hydrogen-bond donors (Lipinski definition) is 3. The van der Waals surface area contributed by atoms with Crippen LogP contribution in [0.15, 0.2) is 69.1 Å². The number of hydrogen-bond acceptors (Lipinski definition) is 8. The molecule has 0 radical (unpaired) electrons.